The Morgan fingerprint density at radius 2 is 2.03 bits per heavy atom. The third kappa shape index (κ3) is 5.11. The fourth-order valence-corrected chi connectivity index (χ4v) is 5.52. The van der Waals surface area contributed by atoms with Gasteiger partial charge >= 0.3 is 0 Å². The molecule has 1 aromatic heterocycles. The van der Waals surface area contributed by atoms with Crippen molar-refractivity contribution in [3.05, 3.63) is 76.3 Å². The molecule has 31 heavy (non-hydrogen) atoms. The van der Waals surface area contributed by atoms with Crippen molar-refractivity contribution in [1.82, 2.24) is 14.3 Å². The summed E-state index contributed by atoms with van der Waals surface area (Å²) in [6.45, 7) is 1.54. The standard InChI is InChI=1S/C22H25BrN4O3S/c1-30-21-6-3-16(4-7-21)12-27(31(2,28)29)20-10-17-9-18(23)5-8-22(17)26(14-20)13-19-11-24-15-25-19/h3-9,11,15,20H,10,12-14H2,1-2H3,(H,24,25). The van der Waals surface area contributed by atoms with E-state index in [2.05, 4.69) is 42.9 Å². The highest BCUT2D eigenvalue weighted by molar-refractivity contribution is 9.10. The van der Waals surface area contributed by atoms with Crippen molar-refractivity contribution in [1.29, 1.82) is 0 Å². The Balaban J connectivity index is 1.65. The van der Waals surface area contributed by atoms with Crippen molar-refractivity contribution in [3.8, 4) is 5.75 Å². The first-order chi connectivity index (χ1) is 14.8. The molecule has 0 spiro atoms. The molecule has 2 heterocycles. The average molecular weight is 505 g/mol. The largest absolute Gasteiger partial charge is 0.497 e. The second kappa shape index (κ2) is 9.02. The molecular formula is C22H25BrN4O3S. The number of methoxy groups -OCH3 is 1. The fourth-order valence-electron chi connectivity index (χ4n) is 4.04. The second-order valence-corrected chi connectivity index (χ2v) is 10.6. The first-order valence-corrected chi connectivity index (χ1v) is 12.6. The lowest BCUT2D eigenvalue weighted by Crippen LogP contribution is -2.50. The Labute approximate surface area is 191 Å². The van der Waals surface area contributed by atoms with E-state index in [-0.39, 0.29) is 6.04 Å². The van der Waals surface area contributed by atoms with E-state index in [4.69, 9.17) is 4.74 Å². The number of hydrogen-bond donors (Lipinski definition) is 1. The number of nitrogens with one attached hydrogen (secondary N) is 1. The SMILES string of the molecule is COc1ccc(CN(C2Cc3cc(Br)ccc3N(Cc3cnc[nH]3)C2)S(C)(=O)=O)cc1. The zero-order valence-electron chi connectivity index (χ0n) is 17.5. The maximum absolute atomic E-state index is 12.8. The van der Waals surface area contributed by atoms with Crippen LogP contribution in [0.1, 0.15) is 16.8 Å². The summed E-state index contributed by atoms with van der Waals surface area (Å²) in [5, 5.41) is 0. The van der Waals surface area contributed by atoms with Gasteiger partial charge in [-0.15, -0.1) is 0 Å². The fraction of sp³-hybridized carbons (Fsp3) is 0.318. The molecule has 0 amide bonds. The van der Waals surface area contributed by atoms with Crippen molar-refractivity contribution in [2.45, 2.75) is 25.6 Å². The van der Waals surface area contributed by atoms with Gasteiger partial charge in [0, 0.05) is 35.5 Å². The van der Waals surface area contributed by atoms with Crippen molar-refractivity contribution in [2.24, 2.45) is 0 Å². The number of ether oxygens (including phenoxy) is 1. The zero-order chi connectivity index (χ0) is 22.0. The Morgan fingerprint density at radius 3 is 2.68 bits per heavy atom. The summed E-state index contributed by atoms with van der Waals surface area (Å²) in [5.74, 6) is 0.747. The van der Waals surface area contributed by atoms with Gasteiger partial charge in [0.1, 0.15) is 5.75 Å². The topological polar surface area (TPSA) is 78.5 Å². The number of aromatic amines is 1. The van der Waals surface area contributed by atoms with Crippen LogP contribution in [0, 0.1) is 0 Å². The lowest BCUT2D eigenvalue weighted by Gasteiger charge is -2.40. The summed E-state index contributed by atoms with van der Waals surface area (Å²) in [6, 6.07) is 13.5. The van der Waals surface area contributed by atoms with E-state index in [1.165, 1.54) is 6.26 Å². The smallest absolute Gasteiger partial charge is 0.211 e. The first-order valence-electron chi connectivity index (χ1n) is 9.94. The van der Waals surface area contributed by atoms with E-state index >= 15 is 0 Å². The number of benzene rings is 2. The highest BCUT2D eigenvalue weighted by atomic mass is 79.9. The van der Waals surface area contributed by atoms with Crippen molar-refractivity contribution >= 4 is 31.6 Å². The van der Waals surface area contributed by atoms with Crippen LogP contribution in [-0.2, 0) is 29.5 Å². The highest BCUT2D eigenvalue weighted by Crippen LogP contribution is 2.33. The van der Waals surface area contributed by atoms with Gasteiger partial charge in [-0.2, -0.15) is 4.31 Å². The predicted molar refractivity (Wildman–Crippen MR) is 125 cm³/mol. The van der Waals surface area contributed by atoms with Crippen LogP contribution < -0.4 is 9.64 Å². The number of halogens is 1. The summed E-state index contributed by atoms with van der Waals surface area (Å²) in [5.41, 5.74) is 4.14. The van der Waals surface area contributed by atoms with Crippen LogP contribution in [0.15, 0.2) is 59.5 Å². The van der Waals surface area contributed by atoms with Gasteiger partial charge in [-0.25, -0.2) is 13.4 Å². The van der Waals surface area contributed by atoms with Crippen LogP contribution in [0.2, 0.25) is 0 Å². The van der Waals surface area contributed by atoms with Gasteiger partial charge in [-0.3, -0.25) is 0 Å². The number of hydrogen-bond acceptors (Lipinski definition) is 5. The predicted octanol–water partition coefficient (Wildman–Crippen LogP) is 3.57. The van der Waals surface area contributed by atoms with Gasteiger partial charge in [0.15, 0.2) is 0 Å². The average Bonchev–Trinajstić information content (AvgIpc) is 3.24. The molecule has 0 fully saturated rings. The van der Waals surface area contributed by atoms with E-state index in [1.807, 2.05) is 30.3 Å². The minimum atomic E-state index is -3.43. The highest BCUT2D eigenvalue weighted by Gasteiger charge is 2.33. The molecule has 0 bridgehead atoms. The van der Waals surface area contributed by atoms with E-state index in [0.717, 1.165) is 32.7 Å². The van der Waals surface area contributed by atoms with Crippen molar-refractivity contribution in [2.75, 3.05) is 24.8 Å². The first kappa shape index (κ1) is 21.9. The summed E-state index contributed by atoms with van der Waals surface area (Å²) in [7, 11) is -1.82. The minimum absolute atomic E-state index is 0.193. The molecule has 9 heteroatoms. The maximum atomic E-state index is 12.8. The Hall–Kier alpha value is -2.36. The molecule has 1 aliphatic heterocycles. The van der Waals surface area contributed by atoms with Gasteiger partial charge in [0.05, 0.1) is 31.9 Å². The van der Waals surface area contributed by atoms with E-state index in [9.17, 15) is 8.42 Å². The van der Waals surface area contributed by atoms with Gasteiger partial charge in [-0.05, 0) is 47.9 Å². The molecule has 0 saturated heterocycles. The zero-order valence-corrected chi connectivity index (χ0v) is 19.9. The molecule has 7 nitrogen and oxygen atoms in total. The molecule has 164 valence electrons. The Morgan fingerprint density at radius 1 is 1.26 bits per heavy atom. The van der Waals surface area contributed by atoms with Gasteiger partial charge < -0.3 is 14.6 Å². The van der Waals surface area contributed by atoms with E-state index < -0.39 is 10.0 Å². The number of imidazole rings is 1. The number of fused-ring (bicyclic) bond motifs is 1. The minimum Gasteiger partial charge on any atom is -0.497 e. The van der Waals surface area contributed by atoms with Crippen LogP contribution in [0.4, 0.5) is 5.69 Å². The maximum Gasteiger partial charge on any atom is 0.211 e. The summed E-state index contributed by atoms with van der Waals surface area (Å²) in [6.07, 6.45) is 5.39. The summed E-state index contributed by atoms with van der Waals surface area (Å²) < 4.78 is 33.4. The van der Waals surface area contributed by atoms with E-state index in [0.29, 0.717) is 26.1 Å². The molecule has 1 aliphatic rings. The third-order valence-electron chi connectivity index (χ3n) is 5.52. The molecule has 4 rings (SSSR count). The van der Waals surface area contributed by atoms with Crippen LogP contribution in [0.3, 0.4) is 0 Å². The molecule has 0 radical (unpaired) electrons. The van der Waals surface area contributed by atoms with Crippen LogP contribution in [0.25, 0.3) is 0 Å². The van der Waals surface area contributed by atoms with Gasteiger partial charge in [0.2, 0.25) is 10.0 Å². The number of sulfonamides is 1. The van der Waals surface area contributed by atoms with Gasteiger partial charge in [0.25, 0.3) is 0 Å². The van der Waals surface area contributed by atoms with Crippen molar-refractivity contribution in [3.63, 3.8) is 0 Å². The number of aromatic nitrogens is 2. The molecule has 1 unspecified atom stereocenters. The molecular weight excluding hydrogens is 480 g/mol. The number of nitrogens with zero attached hydrogens (tertiary/aromatic N) is 3. The van der Waals surface area contributed by atoms with Crippen molar-refractivity contribution < 1.29 is 13.2 Å². The lowest BCUT2D eigenvalue weighted by molar-refractivity contribution is 0.304. The quantitative estimate of drug-likeness (QED) is 0.531. The third-order valence-corrected chi connectivity index (χ3v) is 7.29. The van der Waals surface area contributed by atoms with Gasteiger partial charge in [-0.1, -0.05) is 28.1 Å². The number of anilines is 1. The van der Waals surface area contributed by atoms with Crippen LogP contribution >= 0.6 is 15.9 Å². The second-order valence-electron chi connectivity index (χ2n) is 7.74. The van der Waals surface area contributed by atoms with Crippen LogP contribution in [0.5, 0.6) is 5.75 Å². The molecule has 1 atom stereocenters. The summed E-state index contributed by atoms with van der Waals surface area (Å²) in [4.78, 5) is 9.48. The Kier molecular flexibility index (Phi) is 6.36. The normalized spacial score (nSPS) is 16.4. The molecule has 2 aromatic carbocycles. The molecule has 0 saturated carbocycles. The summed E-state index contributed by atoms with van der Waals surface area (Å²) >= 11 is 3.56. The molecule has 1 N–H and O–H groups in total. The molecule has 3 aromatic rings. The molecule has 0 aliphatic carbocycles. The lowest BCUT2D eigenvalue weighted by atomic mass is 9.97. The van der Waals surface area contributed by atoms with E-state index in [1.54, 1.807) is 23.9 Å². The number of rotatable bonds is 7. The van der Waals surface area contributed by atoms with Crippen LogP contribution in [-0.4, -0.2) is 48.6 Å². The monoisotopic (exact) mass is 504 g/mol. The number of H-pyrrole nitrogens is 1. The Bertz CT molecular complexity index is 1130.